The number of nitrogens with zero attached hydrogens (tertiary/aromatic N) is 1. The third-order valence-electron chi connectivity index (χ3n) is 4.93. The first-order chi connectivity index (χ1) is 9.74. The van der Waals surface area contributed by atoms with Gasteiger partial charge in [-0.1, -0.05) is 43.0 Å². The molecule has 1 saturated carbocycles. The van der Waals surface area contributed by atoms with E-state index in [0.29, 0.717) is 5.92 Å². The number of hydrogen-bond acceptors (Lipinski definition) is 1. The average Bonchev–Trinajstić information content (AvgIpc) is 2.91. The molecule has 0 aromatic heterocycles. The predicted molar refractivity (Wildman–Crippen MR) is 81.8 cm³/mol. The molecule has 0 spiro atoms. The van der Waals surface area contributed by atoms with Crippen molar-refractivity contribution in [2.45, 2.75) is 44.4 Å². The molecule has 1 atom stereocenters. The lowest BCUT2D eigenvalue weighted by atomic mass is 9.89. The highest BCUT2D eigenvalue weighted by molar-refractivity contribution is 6.30. The van der Waals surface area contributed by atoms with Gasteiger partial charge in [-0.05, 0) is 43.4 Å². The Bertz CT molecular complexity index is 456. The SMILES string of the molecule is Fc1c(Cl)cccc1C1CCN(CC2CCCCC2)C1. The number of rotatable bonds is 3. The smallest absolute Gasteiger partial charge is 0.145 e. The normalized spacial score (nSPS) is 25.2. The van der Waals surface area contributed by atoms with Crippen LogP contribution in [-0.4, -0.2) is 24.5 Å². The van der Waals surface area contributed by atoms with E-state index in [2.05, 4.69) is 4.90 Å². The zero-order chi connectivity index (χ0) is 13.9. The lowest BCUT2D eigenvalue weighted by Crippen LogP contribution is -2.28. The molecule has 20 heavy (non-hydrogen) atoms. The standard InChI is InChI=1S/C17H23ClFN/c18-16-8-4-7-15(17(16)19)14-9-10-20(12-14)11-13-5-2-1-3-6-13/h4,7-8,13-14H,1-3,5-6,9-12H2. The molecule has 1 saturated heterocycles. The molecular formula is C17H23ClFN. The fourth-order valence-corrected chi connectivity index (χ4v) is 4.00. The topological polar surface area (TPSA) is 3.24 Å². The third-order valence-corrected chi connectivity index (χ3v) is 5.23. The van der Waals surface area contributed by atoms with Crippen LogP contribution in [0.3, 0.4) is 0 Å². The van der Waals surface area contributed by atoms with E-state index in [4.69, 9.17) is 11.6 Å². The molecule has 1 aromatic carbocycles. The van der Waals surface area contributed by atoms with Gasteiger partial charge in [0.25, 0.3) is 0 Å². The minimum atomic E-state index is -0.210. The van der Waals surface area contributed by atoms with Gasteiger partial charge >= 0.3 is 0 Å². The summed E-state index contributed by atoms with van der Waals surface area (Å²) in [6.07, 6.45) is 8.02. The number of benzene rings is 1. The zero-order valence-electron chi connectivity index (χ0n) is 12.0. The van der Waals surface area contributed by atoms with E-state index in [1.54, 1.807) is 6.07 Å². The van der Waals surface area contributed by atoms with Crippen molar-refractivity contribution in [1.29, 1.82) is 0 Å². The van der Waals surface area contributed by atoms with Crippen LogP contribution < -0.4 is 0 Å². The van der Waals surface area contributed by atoms with Gasteiger partial charge in [0.05, 0.1) is 5.02 Å². The summed E-state index contributed by atoms with van der Waals surface area (Å²) in [4.78, 5) is 2.53. The van der Waals surface area contributed by atoms with Crippen molar-refractivity contribution in [3.05, 3.63) is 34.6 Å². The fourth-order valence-electron chi connectivity index (χ4n) is 3.82. The predicted octanol–water partition coefficient (Wildman–Crippen LogP) is 4.85. The van der Waals surface area contributed by atoms with E-state index in [-0.39, 0.29) is 10.8 Å². The summed E-state index contributed by atoms with van der Waals surface area (Å²) in [6, 6.07) is 5.40. The van der Waals surface area contributed by atoms with Gasteiger partial charge in [0.1, 0.15) is 5.82 Å². The molecule has 1 aromatic rings. The summed E-state index contributed by atoms with van der Waals surface area (Å²) < 4.78 is 14.1. The summed E-state index contributed by atoms with van der Waals surface area (Å²) >= 11 is 5.90. The first kappa shape index (κ1) is 14.3. The monoisotopic (exact) mass is 295 g/mol. The highest BCUT2D eigenvalue weighted by atomic mass is 35.5. The van der Waals surface area contributed by atoms with Gasteiger partial charge in [-0.15, -0.1) is 0 Å². The number of hydrogen-bond donors (Lipinski definition) is 0. The van der Waals surface area contributed by atoms with E-state index >= 15 is 0 Å². The molecule has 3 heteroatoms. The van der Waals surface area contributed by atoms with Crippen LogP contribution >= 0.6 is 11.6 Å². The quantitative estimate of drug-likeness (QED) is 0.770. The van der Waals surface area contributed by atoms with Gasteiger partial charge in [-0.25, -0.2) is 4.39 Å². The minimum absolute atomic E-state index is 0.210. The number of likely N-dealkylation sites (tertiary alicyclic amines) is 1. The first-order valence-electron chi connectivity index (χ1n) is 7.90. The highest BCUT2D eigenvalue weighted by Crippen LogP contribution is 2.33. The average molecular weight is 296 g/mol. The molecule has 110 valence electrons. The Morgan fingerprint density at radius 3 is 2.75 bits per heavy atom. The van der Waals surface area contributed by atoms with Crippen LogP contribution in [0.15, 0.2) is 18.2 Å². The van der Waals surface area contributed by atoms with Gasteiger partial charge in [0, 0.05) is 19.0 Å². The molecule has 3 rings (SSSR count). The van der Waals surface area contributed by atoms with Crippen molar-refractivity contribution in [3.8, 4) is 0 Å². The van der Waals surface area contributed by atoms with Crippen LogP contribution in [-0.2, 0) is 0 Å². The summed E-state index contributed by atoms with van der Waals surface area (Å²) in [6.45, 7) is 3.31. The Labute approximate surface area is 126 Å². The molecular weight excluding hydrogens is 273 g/mol. The second-order valence-electron chi connectivity index (χ2n) is 6.39. The lowest BCUT2D eigenvalue weighted by Gasteiger charge is -2.26. The van der Waals surface area contributed by atoms with E-state index < -0.39 is 0 Å². The minimum Gasteiger partial charge on any atom is -0.302 e. The Kier molecular flexibility index (Phi) is 4.62. The van der Waals surface area contributed by atoms with Gasteiger partial charge in [0.2, 0.25) is 0 Å². The van der Waals surface area contributed by atoms with E-state index in [1.165, 1.54) is 38.6 Å². The molecule has 1 nitrogen and oxygen atoms in total. The molecule has 1 unspecified atom stereocenters. The highest BCUT2D eigenvalue weighted by Gasteiger charge is 2.28. The second kappa shape index (κ2) is 6.44. The van der Waals surface area contributed by atoms with Crippen molar-refractivity contribution in [2.75, 3.05) is 19.6 Å². The Morgan fingerprint density at radius 2 is 1.95 bits per heavy atom. The van der Waals surface area contributed by atoms with Crippen LogP contribution in [0.25, 0.3) is 0 Å². The van der Waals surface area contributed by atoms with Gasteiger partial charge in [0.15, 0.2) is 0 Å². The van der Waals surface area contributed by atoms with Gasteiger partial charge < -0.3 is 4.90 Å². The fraction of sp³-hybridized carbons (Fsp3) is 0.647. The largest absolute Gasteiger partial charge is 0.302 e. The van der Waals surface area contributed by atoms with Crippen molar-refractivity contribution in [1.82, 2.24) is 4.90 Å². The Hall–Kier alpha value is -0.600. The van der Waals surface area contributed by atoms with Crippen molar-refractivity contribution < 1.29 is 4.39 Å². The summed E-state index contributed by atoms with van der Waals surface area (Å²) in [5.74, 6) is 0.975. The van der Waals surface area contributed by atoms with Crippen LogP contribution in [0.1, 0.15) is 50.0 Å². The maximum atomic E-state index is 14.1. The lowest BCUT2D eigenvalue weighted by molar-refractivity contribution is 0.232. The van der Waals surface area contributed by atoms with Gasteiger partial charge in [-0.2, -0.15) is 0 Å². The van der Waals surface area contributed by atoms with E-state index in [9.17, 15) is 4.39 Å². The molecule has 0 N–H and O–H groups in total. The Balaban J connectivity index is 1.60. The maximum Gasteiger partial charge on any atom is 0.145 e. The summed E-state index contributed by atoms with van der Waals surface area (Å²) in [7, 11) is 0. The van der Waals surface area contributed by atoms with Crippen LogP contribution in [0.5, 0.6) is 0 Å². The summed E-state index contributed by atoms with van der Waals surface area (Å²) in [5, 5.41) is 0.258. The van der Waals surface area contributed by atoms with Crippen LogP contribution in [0, 0.1) is 11.7 Å². The van der Waals surface area contributed by atoms with Crippen molar-refractivity contribution >= 4 is 11.6 Å². The molecule has 0 amide bonds. The molecule has 0 bridgehead atoms. The molecule has 1 aliphatic heterocycles. The molecule has 2 aliphatic rings. The van der Waals surface area contributed by atoms with Crippen LogP contribution in [0.4, 0.5) is 4.39 Å². The van der Waals surface area contributed by atoms with E-state index in [0.717, 1.165) is 31.0 Å². The summed E-state index contributed by atoms with van der Waals surface area (Å²) in [5.41, 5.74) is 0.809. The maximum absolute atomic E-state index is 14.1. The number of halogens is 2. The first-order valence-corrected chi connectivity index (χ1v) is 8.28. The molecule has 1 heterocycles. The Morgan fingerprint density at radius 1 is 1.15 bits per heavy atom. The van der Waals surface area contributed by atoms with Crippen molar-refractivity contribution in [3.63, 3.8) is 0 Å². The molecule has 1 aliphatic carbocycles. The van der Waals surface area contributed by atoms with E-state index in [1.807, 2.05) is 12.1 Å². The zero-order valence-corrected chi connectivity index (χ0v) is 12.7. The molecule has 2 fully saturated rings. The second-order valence-corrected chi connectivity index (χ2v) is 6.80. The van der Waals surface area contributed by atoms with Crippen LogP contribution in [0.2, 0.25) is 5.02 Å². The van der Waals surface area contributed by atoms with Crippen molar-refractivity contribution in [2.24, 2.45) is 5.92 Å². The molecule has 0 radical (unpaired) electrons. The third kappa shape index (κ3) is 3.17. The van der Waals surface area contributed by atoms with Gasteiger partial charge in [-0.3, -0.25) is 0 Å².